The Morgan fingerprint density at radius 1 is 1.30 bits per heavy atom. The van der Waals surface area contributed by atoms with E-state index in [4.69, 9.17) is 0 Å². The summed E-state index contributed by atoms with van der Waals surface area (Å²) in [5.74, 6) is -2.81. The third kappa shape index (κ3) is 3.65. The van der Waals surface area contributed by atoms with E-state index < -0.39 is 23.9 Å². The molecule has 0 radical (unpaired) electrons. The molecule has 0 aromatic carbocycles. The first-order valence-electron chi connectivity index (χ1n) is 7.41. The van der Waals surface area contributed by atoms with Crippen LogP contribution in [0.4, 0.5) is 13.2 Å². The molecule has 1 amide bonds. The smallest absolute Gasteiger partial charge is 0.354 e. The van der Waals surface area contributed by atoms with Crippen LogP contribution in [0, 0.1) is 11.8 Å². The van der Waals surface area contributed by atoms with E-state index in [1.807, 2.05) is 6.92 Å². The minimum absolute atomic E-state index is 0.0805. The summed E-state index contributed by atoms with van der Waals surface area (Å²) < 4.78 is 38.9. The lowest BCUT2D eigenvalue weighted by atomic mass is 9.78. The summed E-state index contributed by atoms with van der Waals surface area (Å²) >= 11 is 0. The van der Waals surface area contributed by atoms with E-state index in [1.54, 1.807) is 0 Å². The third-order valence-corrected chi connectivity index (χ3v) is 4.63. The number of nitrogens with one attached hydrogen (secondary N) is 2. The molecule has 1 aliphatic carbocycles. The minimum atomic E-state index is -4.27. The van der Waals surface area contributed by atoms with Gasteiger partial charge in [0, 0.05) is 18.0 Å². The van der Waals surface area contributed by atoms with Crippen LogP contribution >= 0.6 is 0 Å². The summed E-state index contributed by atoms with van der Waals surface area (Å²) in [5, 5.41) is 6.03. The Morgan fingerprint density at radius 3 is 2.60 bits per heavy atom. The van der Waals surface area contributed by atoms with Crippen molar-refractivity contribution in [3.63, 3.8) is 0 Å². The lowest BCUT2D eigenvalue weighted by Gasteiger charge is -2.33. The van der Waals surface area contributed by atoms with E-state index in [2.05, 4.69) is 10.6 Å². The lowest BCUT2D eigenvalue weighted by molar-refractivity contribution is -0.198. The fourth-order valence-electron chi connectivity index (χ4n) is 3.36. The molecule has 3 atom stereocenters. The molecule has 2 fully saturated rings. The highest BCUT2D eigenvalue weighted by molar-refractivity contribution is 5.79. The average Bonchev–Trinajstić information content (AvgIpc) is 2.82. The van der Waals surface area contributed by atoms with Crippen molar-refractivity contribution in [2.24, 2.45) is 11.8 Å². The van der Waals surface area contributed by atoms with Crippen molar-refractivity contribution in [1.29, 1.82) is 0 Å². The maximum absolute atomic E-state index is 13.0. The second kappa shape index (κ2) is 5.92. The zero-order valence-corrected chi connectivity index (χ0v) is 11.9. The highest BCUT2D eigenvalue weighted by Gasteiger charge is 2.48. The maximum Gasteiger partial charge on any atom is 0.392 e. The lowest BCUT2D eigenvalue weighted by Crippen LogP contribution is -2.50. The van der Waals surface area contributed by atoms with Crippen LogP contribution in [0.2, 0.25) is 0 Å². The number of amides is 1. The Kier molecular flexibility index (Phi) is 4.62. The molecule has 0 aromatic heterocycles. The van der Waals surface area contributed by atoms with Gasteiger partial charge in [0.05, 0.1) is 5.92 Å². The summed E-state index contributed by atoms with van der Waals surface area (Å²) in [7, 11) is 0. The van der Waals surface area contributed by atoms with Gasteiger partial charge in [0.25, 0.3) is 0 Å². The number of hydrogen-bond acceptors (Lipinski definition) is 2. The number of carbonyl (C=O) groups excluding carboxylic acids is 1. The normalized spacial score (nSPS) is 35.0. The van der Waals surface area contributed by atoms with Crippen LogP contribution in [0.15, 0.2) is 0 Å². The van der Waals surface area contributed by atoms with E-state index in [0.717, 1.165) is 19.4 Å². The summed E-state index contributed by atoms with van der Waals surface area (Å²) in [6.07, 6.45) is -0.579. The molecular weight excluding hydrogens is 269 g/mol. The molecule has 1 aliphatic heterocycles. The van der Waals surface area contributed by atoms with E-state index in [-0.39, 0.29) is 12.0 Å². The molecule has 116 valence electrons. The standard InChI is InChI=1S/C14H23F3N2O/c1-13(7-4-8-19-13)9-18-12(20)10-5-2-3-6-11(10)14(15,16)17/h10-11,19H,2-9H2,1H3,(H,18,20). The van der Waals surface area contributed by atoms with Gasteiger partial charge in [-0.25, -0.2) is 0 Å². The van der Waals surface area contributed by atoms with E-state index in [0.29, 0.717) is 25.8 Å². The molecule has 0 bridgehead atoms. The van der Waals surface area contributed by atoms with Gasteiger partial charge in [0.2, 0.25) is 5.91 Å². The molecule has 2 rings (SSSR count). The van der Waals surface area contributed by atoms with Crippen LogP contribution in [-0.4, -0.2) is 30.7 Å². The van der Waals surface area contributed by atoms with Crippen molar-refractivity contribution in [2.75, 3.05) is 13.1 Å². The molecule has 3 unspecified atom stereocenters. The fourth-order valence-corrected chi connectivity index (χ4v) is 3.36. The van der Waals surface area contributed by atoms with Gasteiger partial charge in [-0.15, -0.1) is 0 Å². The maximum atomic E-state index is 13.0. The van der Waals surface area contributed by atoms with Gasteiger partial charge in [-0.3, -0.25) is 4.79 Å². The van der Waals surface area contributed by atoms with Crippen molar-refractivity contribution in [1.82, 2.24) is 10.6 Å². The molecule has 0 aromatic rings. The largest absolute Gasteiger partial charge is 0.392 e. The van der Waals surface area contributed by atoms with Gasteiger partial charge in [-0.1, -0.05) is 12.8 Å². The Balaban J connectivity index is 1.92. The summed E-state index contributed by atoms with van der Waals surface area (Å²) in [4.78, 5) is 12.1. The van der Waals surface area contributed by atoms with Crippen LogP contribution in [0.5, 0.6) is 0 Å². The quantitative estimate of drug-likeness (QED) is 0.839. The molecular formula is C14H23F3N2O. The first-order chi connectivity index (χ1) is 9.32. The zero-order valence-electron chi connectivity index (χ0n) is 11.9. The number of alkyl halides is 3. The highest BCUT2D eigenvalue weighted by Crippen LogP contribution is 2.41. The summed E-state index contributed by atoms with van der Waals surface area (Å²) in [6, 6.07) is 0. The summed E-state index contributed by atoms with van der Waals surface area (Å²) in [6.45, 7) is 3.32. The first-order valence-corrected chi connectivity index (χ1v) is 7.41. The monoisotopic (exact) mass is 292 g/mol. The predicted molar refractivity (Wildman–Crippen MR) is 70.2 cm³/mol. The minimum Gasteiger partial charge on any atom is -0.354 e. The van der Waals surface area contributed by atoms with Gasteiger partial charge in [0.15, 0.2) is 0 Å². The van der Waals surface area contributed by atoms with E-state index in [1.165, 1.54) is 0 Å². The number of halogens is 3. The van der Waals surface area contributed by atoms with E-state index in [9.17, 15) is 18.0 Å². The van der Waals surface area contributed by atoms with Gasteiger partial charge in [0.1, 0.15) is 0 Å². The van der Waals surface area contributed by atoms with Crippen molar-refractivity contribution in [2.45, 2.75) is 57.2 Å². The van der Waals surface area contributed by atoms with Gasteiger partial charge in [-0.05, 0) is 39.2 Å². The van der Waals surface area contributed by atoms with Crippen molar-refractivity contribution in [3.8, 4) is 0 Å². The SMILES string of the molecule is CC1(CNC(=O)C2CCCCC2C(F)(F)F)CCCN1. The first kappa shape index (κ1) is 15.6. The van der Waals surface area contributed by atoms with Crippen LogP contribution < -0.4 is 10.6 Å². The van der Waals surface area contributed by atoms with Crippen LogP contribution in [-0.2, 0) is 4.79 Å². The summed E-state index contributed by atoms with van der Waals surface area (Å²) in [5.41, 5.74) is -0.169. The zero-order chi connectivity index (χ0) is 14.8. The second-order valence-electron chi connectivity index (χ2n) is 6.35. The third-order valence-electron chi connectivity index (χ3n) is 4.63. The van der Waals surface area contributed by atoms with Gasteiger partial charge >= 0.3 is 6.18 Å². The Labute approximate surface area is 117 Å². The van der Waals surface area contributed by atoms with Crippen LogP contribution in [0.1, 0.15) is 45.4 Å². The molecule has 0 spiro atoms. The fraction of sp³-hybridized carbons (Fsp3) is 0.929. The Bertz CT molecular complexity index is 351. The van der Waals surface area contributed by atoms with Gasteiger partial charge in [-0.2, -0.15) is 13.2 Å². The Hall–Kier alpha value is -0.780. The molecule has 1 saturated carbocycles. The van der Waals surface area contributed by atoms with Crippen LogP contribution in [0.3, 0.4) is 0 Å². The van der Waals surface area contributed by atoms with Gasteiger partial charge < -0.3 is 10.6 Å². The van der Waals surface area contributed by atoms with Crippen molar-refractivity contribution in [3.05, 3.63) is 0 Å². The number of rotatable bonds is 3. The predicted octanol–water partition coefficient (Wildman–Crippen LogP) is 2.61. The number of hydrogen-bond donors (Lipinski definition) is 2. The van der Waals surface area contributed by atoms with Crippen molar-refractivity contribution >= 4 is 5.91 Å². The molecule has 1 heterocycles. The van der Waals surface area contributed by atoms with E-state index >= 15 is 0 Å². The molecule has 2 aliphatic rings. The topological polar surface area (TPSA) is 41.1 Å². The number of carbonyl (C=O) groups is 1. The van der Waals surface area contributed by atoms with Crippen molar-refractivity contribution < 1.29 is 18.0 Å². The second-order valence-corrected chi connectivity index (χ2v) is 6.35. The highest BCUT2D eigenvalue weighted by atomic mass is 19.4. The molecule has 20 heavy (non-hydrogen) atoms. The molecule has 2 N–H and O–H groups in total. The molecule has 3 nitrogen and oxygen atoms in total. The van der Waals surface area contributed by atoms with Crippen LogP contribution in [0.25, 0.3) is 0 Å². The molecule has 6 heteroatoms. The molecule has 1 saturated heterocycles. The average molecular weight is 292 g/mol. The Morgan fingerprint density at radius 2 is 2.00 bits per heavy atom.